The molecule has 1 aliphatic heterocycles. The monoisotopic (exact) mass is 488 g/mol. The van der Waals surface area contributed by atoms with Crippen LogP contribution in [-0.2, 0) is 11.3 Å². The molecule has 2 aromatic heterocycles. The van der Waals surface area contributed by atoms with Crippen LogP contribution in [0, 0.1) is 5.82 Å². The van der Waals surface area contributed by atoms with Gasteiger partial charge in [0.2, 0.25) is 11.3 Å². The van der Waals surface area contributed by atoms with Crippen LogP contribution in [0.4, 0.5) is 15.9 Å². The van der Waals surface area contributed by atoms with Crippen LogP contribution >= 0.6 is 11.6 Å². The third-order valence-electron chi connectivity index (χ3n) is 6.19. The Morgan fingerprint density at radius 3 is 2.74 bits per heavy atom. The lowest BCUT2D eigenvalue weighted by molar-refractivity contribution is -0.122. The van der Waals surface area contributed by atoms with Gasteiger partial charge in [-0.15, -0.1) is 0 Å². The average Bonchev–Trinajstić information content (AvgIpc) is 3.39. The van der Waals surface area contributed by atoms with Gasteiger partial charge in [-0.25, -0.2) is 9.18 Å². The Balaban J connectivity index is 1.43. The maximum Gasteiger partial charge on any atom is 0.341 e. The summed E-state index contributed by atoms with van der Waals surface area (Å²) in [6.07, 6.45) is 5.12. The summed E-state index contributed by atoms with van der Waals surface area (Å²) in [6, 6.07) is 2.44. The number of fused-ring (bicyclic) bond motifs is 1. The van der Waals surface area contributed by atoms with E-state index in [1.807, 2.05) is 0 Å². The van der Waals surface area contributed by atoms with Gasteiger partial charge in [0.15, 0.2) is 0 Å². The number of hydrogen-bond donors (Lipinski definition) is 3. The summed E-state index contributed by atoms with van der Waals surface area (Å²) >= 11 is 6.67. The first-order chi connectivity index (χ1) is 16.2. The number of nitrogens with zero attached hydrogens (tertiary/aromatic N) is 4. The van der Waals surface area contributed by atoms with Gasteiger partial charge in [-0.1, -0.05) is 11.6 Å². The minimum absolute atomic E-state index is 0.0123. The topological polar surface area (TPSA) is 135 Å². The first kappa shape index (κ1) is 22.2. The predicted molar refractivity (Wildman–Crippen MR) is 124 cm³/mol. The van der Waals surface area contributed by atoms with Crippen molar-refractivity contribution in [2.45, 2.75) is 37.9 Å². The molecule has 0 spiro atoms. The van der Waals surface area contributed by atoms with E-state index in [0.717, 1.165) is 18.9 Å². The minimum Gasteiger partial charge on any atom is -0.477 e. The second-order valence-electron chi connectivity index (χ2n) is 8.67. The van der Waals surface area contributed by atoms with E-state index in [1.54, 1.807) is 21.7 Å². The summed E-state index contributed by atoms with van der Waals surface area (Å²) < 4.78 is 18.3. The second kappa shape index (κ2) is 8.32. The third kappa shape index (κ3) is 3.96. The number of nitrogens with one attached hydrogen (secondary N) is 1. The Morgan fingerprint density at radius 2 is 2.09 bits per heavy atom. The number of nitrogens with two attached hydrogens (primary N) is 1. The van der Waals surface area contributed by atoms with E-state index < -0.39 is 22.8 Å². The molecule has 1 unspecified atom stereocenters. The molecule has 0 bridgehead atoms. The summed E-state index contributed by atoms with van der Waals surface area (Å²) in [5.41, 5.74) is 4.86. The van der Waals surface area contributed by atoms with Crippen molar-refractivity contribution in [3.05, 3.63) is 51.2 Å². The molecule has 12 heteroatoms. The molecule has 1 aromatic carbocycles. The molecule has 10 nitrogen and oxygen atoms in total. The number of anilines is 2. The van der Waals surface area contributed by atoms with E-state index >= 15 is 4.39 Å². The van der Waals surface area contributed by atoms with E-state index in [-0.39, 0.29) is 40.6 Å². The molecular weight excluding hydrogens is 467 g/mol. The summed E-state index contributed by atoms with van der Waals surface area (Å²) in [5, 5.41) is 16.3. The number of benzene rings is 1. The van der Waals surface area contributed by atoms with Gasteiger partial charge in [0.25, 0.3) is 0 Å². The highest BCUT2D eigenvalue weighted by Crippen LogP contribution is 2.42. The summed E-state index contributed by atoms with van der Waals surface area (Å²) in [4.78, 5) is 38.4. The van der Waals surface area contributed by atoms with Crippen molar-refractivity contribution in [1.82, 2.24) is 19.7 Å². The molecule has 1 amide bonds. The van der Waals surface area contributed by atoms with Gasteiger partial charge in [-0.2, -0.15) is 5.10 Å². The van der Waals surface area contributed by atoms with E-state index in [1.165, 1.54) is 10.9 Å². The van der Waals surface area contributed by atoms with Crippen molar-refractivity contribution in [2.75, 3.05) is 23.7 Å². The van der Waals surface area contributed by atoms with Gasteiger partial charge >= 0.3 is 5.97 Å². The number of nitrogen functional groups attached to an aromatic ring is 1. The number of rotatable bonds is 6. The number of amides is 1. The van der Waals surface area contributed by atoms with Crippen LogP contribution in [0.15, 0.2) is 29.3 Å². The zero-order valence-corrected chi connectivity index (χ0v) is 18.8. The molecule has 34 heavy (non-hydrogen) atoms. The number of aromatic nitrogens is 3. The van der Waals surface area contributed by atoms with Crippen LogP contribution in [0.2, 0.25) is 5.02 Å². The number of halogens is 2. The molecule has 0 radical (unpaired) electrons. The predicted octanol–water partition coefficient (Wildman–Crippen LogP) is 2.00. The Hall–Kier alpha value is -3.60. The fraction of sp³-hybridized carbons (Fsp3) is 0.364. The lowest BCUT2D eigenvalue weighted by Gasteiger charge is -2.23. The Morgan fingerprint density at radius 1 is 1.32 bits per heavy atom. The van der Waals surface area contributed by atoms with Crippen LogP contribution in [0.1, 0.15) is 35.7 Å². The maximum atomic E-state index is 15.2. The van der Waals surface area contributed by atoms with Crippen LogP contribution in [-0.4, -0.2) is 50.5 Å². The molecule has 1 aliphatic carbocycles. The molecule has 3 heterocycles. The fourth-order valence-corrected chi connectivity index (χ4v) is 4.89. The Bertz CT molecular complexity index is 1380. The quantitative estimate of drug-likeness (QED) is 0.483. The zero-order chi connectivity index (χ0) is 24.1. The smallest absolute Gasteiger partial charge is 0.341 e. The molecule has 1 atom stereocenters. The average molecular weight is 489 g/mol. The molecule has 4 N–H and O–H groups in total. The van der Waals surface area contributed by atoms with Crippen molar-refractivity contribution < 1.29 is 19.1 Å². The number of aromatic carboxylic acids is 1. The number of hydrogen-bond acceptors (Lipinski definition) is 6. The number of carboxylic acid groups (broad SMARTS) is 1. The Labute approximate surface area is 197 Å². The number of carbonyl (C=O) groups excluding carboxylic acids is 1. The number of carbonyl (C=O) groups is 2. The highest BCUT2D eigenvalue weighted by atomic mass is 35.5. The summed E-state index contributed by atoms with van der Waals surface area (Å²) in [7, 11) is 0. The first-order valence-corrected chi connectivity index (χ1v) is 11.2. The lowest BCUT2D eigenvalue weighted by atomic mass is 10.1. The molecule has 2 aliphatic rings. The van der Waals surface area contributed by atoms with Gasteiger partial charge in [-0.05, 0) is 31.4 Å². The molecule has 1 saturated carbocycles. The third-order valence-corrected chi connectivity index (χ3v) is 6.55. The highest BCUT2D eigenvalue weighted by molar-refractivity contribution is 6.38. The van der Waals surface area contributed by atoms with Crippen molar-refractivity contribution in [3.63, 3.8) is 0 Å². The van der Waals surface area contributed by atoms with E-state index in [2.05, 4.69) is 10.4 Å². The molecular formula is C22H22ClFN6O4. The number of carboxylic acids is 1. The van der Waals surface area contributed by atoms with Gasteiger partial charge in [-0.3, -0.25) is 14.3 Å². The van der Waals surface area contributed by atoms with Gasteiger partial charge in [0, 0.05) is 37.6 Å². The molecule has 2 fully saturated rings. The molecule has 178 valence electrons. The number of pyridine rings is 1. The van der Waals surface area contributed by atoms with Crippen LogP contribution < -0.4 is 21.4 Å². The molecule has 1 saturated heterocycles. The van der Waals surface area contributed by atoms with E-state index in [4.69, 9.17) is 17.3 Å². The zero-order valence-electron chi connectivity index (χ0n) is 18.0. The second-order valence-corrected chi connectivity index (χ2v) is 9.05. The van der Waals surface area contributed by atoms with Crippen molar-refractivity contribution in [1.29, 1.82) is 0 Å². The largest absolute Gasteiger partial charge is 0.477 e. The first-order valence-electron chi connectivity index (χ1n) is 10.9. The summed E-state index contributed by atoms with van der Waals surface area (Å²) in [5.74, 6) is -2.00. The van der Waals surface area contributed by atoms with E-state index in [0.29, 0.717) is 30.8 Å². The van der Waals surface area contributed by atoms with E-state index in [9.17, 15) is 19.5 Å². The standard InChI is InChI=1S/C22H22ClFN6O4/c23-18-19-13(21(32)14(22(33)34)9-30(19)12-1-2-12)7-15(24)20(18)28-5-3-11(8-28)26-17(31)10-29-6-4-16(25)27-29/h4,6-7,9,11-12H,1-3,5,8,10H2,(H2,25,27)(H,26,31)(H,33,34). The van der Waals surface area contributed by atoms with Gasteiger partial charge in [0.05, 0.1) is 21.6 Å². The van der Waals surface area contributed by atoms with Crippen molar-refractivity contribution >= 4 is 45.9 Å². The Kier molecular flexibility index (Phi) is 5.43. The summed E-state index contributed by atoms with van der Waals surface area (Å²) in [6.45, 7) is 0.789. The van der Waals surface area contributed by atoms with Crippen LogP contribution in [0.25, 0.3) is 10.9 Å². The lowest BCUT2D eigenvalue weighted by Crippen LogP contribution is -2.39. The highest BCUT2D eigenvalue weighted by Gasteiger charge is 2.32. The maximum absolute atomic E-state index is 15.2. The molecule has 3 aromatic rings. The minimum atomic E-state index is -1.36. The van der Waals surface area contributed by atoms with Crippen molar-refractivity contribution in [3.8, 4) is 0 Å². The van der Waals surface area contributed by atoms with Gasteiger partial charge in [0.1, 0.15) is 23.7 Å². The van der Waals surface area contributed by atoms with Crippen LogP contribution in [0.3, 0.4) is 0 Å². The molecule has 5 rings (SSSR count). The van der Waals surface area contributed by atoms with Gasteiger partial charge < -0.3 is 25.6 Å². The SMILES string of the molecule is Nc1ccn(CC(=O)NC2CCN(c3c(F)cc4c(=O)c(C(=O)O)cn(C5CC5)c4c3Cl)C2)n1. The normalized spacial score (nSPS) is 17.9. The van der Waals surface area contributed by atoms with Crippen molar-refractivity contribution in [2.24, 2.45) is 0 Å². The fourth-order valence-electron chi connectivity index (χ4n) is 4.48. The van der Waals surface area contributed by atoms with Crippen LogP contribution in [0.5, 0.6) is 0 Å².